The van der Waals surface area contributed by atoms with E-state index in [4.69, 9.17) is 10.5 Å². The van der Waals surface area contributed by atoms with Crippen molar-refractivity contribution in [3.05, 3.63) is 42.1 Å². The molecule has 4 fully saturated rings. The van der Waals surface area contributed by atoms with Crippen LogP contribution in [0.25, 0.3) is 0 Å². The van der Waals surface area contributed by atoms with Gasteiger partial charge in [0.05, 0.1) is 11.8 Å². The molecule has 1 aromatic carbocycles. The lowest BCUT2D eigenvalue weighted by atomic mass is 9.72. The molecule has 0 bridgehead atoms. The van der Waals surface area contributed by atoms with Crippen LogP contribution in [0.4, 0.5) is 10.2 Å². The summed E-state index contributed by atoms with van der Waals surface area (Å²) < 4.78 is 25.6. The molecule has 6 rings (SSSR count). The third-order valence-electron chi connectivity index (χ3n) is 10.2. The molecule has 12 heteroatoms. The van der Waals surface area contributed by atoms with E-state index >= 15 is 0 Å². The lowest BCUT2D eigenvalue weighted by Crippen LogP contribution is -2.61. The number of likely N-dealkylation sites (tertiary alicyclic amines) is 1. The third-order valence-corrected chi connectivity index (χ3v) is 11.3. The zero-order valence-electron chi connectivity index (χ0n) is 27.9. The molecular weight excluding hydrogens is 603 g/mol. The summed E-state index contributed by atoms with van der Waals surface area (Å²) in [6.45, 7) is 17.6. The number of carbonyl (C=O) groups excluding carboxylic acids is 1. The first-order valence-electron chi connectivity index (χ1n) is 17.1. The number of nitrogens with two attached hydrogens (primary N) is 1. The normalized spacial score (nSPS) is 23.0. The average Bonchev–Trinajstić information content (AvgIpc) is 3.42. The number of hydrogen-bond donors (Lipinski definition) is 1. The summed E-state index contributed by atoms with van der Waals surface area (Å²) in [5, 5.41) is 0. The molecule has 0 unspecified atom stereocenters. The summed E-state index contributed by atoms with van der Waals surface area (Å²) in [7, 11) is 0. The molecule has 46 heavy (non-hydrogen) atoms. The summed E-state index contributed by atoms with van der Waals surface area (Å²) in [4.78, 5) is 29.0. The number of carbonyl (C=O) groups is 1. The monoisotopic (exact) mass is 654 g/mol. The molecule has 1 aromatic heterocycles. The van der Waals surface area contributed by atoms with Crippen molar-refractivity contribution in [3.8, 4) is 11.5 Å². The van der Waals surface area contributed by atoms with E-state index in [0.717, 1.165) is 57.4 Å². The Kier molecular flexibility index (Phi) is 10.4. The van der Waals surface area contributed by atoms with Gasteiger partial charge in [-0.1, -0.05) is 0 Å². The van der Waals surface area contributed by atoms with Gasteiger partial charge in [-0.2, -0.15) is 0 Å². The van der Waals surface area contributed by atoms with Gasteiger partial charge in [0.15, 0.2) is 11.6 Å². The lowest BCUT2D eigenvalue weighted by Gasteiger charge is -2.54. The molecule has 252 valence electrons. The highest BCUT2D eigenvalue weighted by Gasteiger charge is 2.46. The molecule has 4 aliphatic rings. The SMILES string of the molecule is CC(C)N(C(=O)c1cc(F)ccc1Oc1cncnc1N1CC2(CCN(CC3CCN(SN4CC[C@@H](N)C4)CC3)CC2)C1)C(C)C. The van der Waals surface area contributed by atoms with Gasteiger partial charge in [0.2, 0.25) is 0 Å². The molecular formula is C34H51FN8O2S. The molecule has 10 nitrogen and oxygen atoms in total. The molecule has 1 spiro atoms. The second kappa shape index (κ2) is 14.3. The molecule has 4 saturated heterocycles. The Balaban J connectivity index is 1.01. The second-order valence-electron chi connectivity index (χ2n) is 14.4. The van der Waals surface area contributed by atoms with Crippen molar-refractivity contribution in [1.82, 2.24) is 28.4 Å². The minimum Gasteiger partial charge on any atom is -0.451 e. The van der Waals surface area contributed by atoms with Crippen LogP contribution in [0.2, 0.25) is 0 Å². The van der Waals surface area contributed by atoms with E-state index in [-0.39, 0.29) is 23.6 Å². The number of piperidine rings is 2. The third kappa shape index (κ3) is 7.62. The van der Waals surface area contributed by atoms with Crippen LogP contribution >= 0.6 is 12.1 Å². The van der Waals surface area contributed by atoms with Gasteiger partial charge in [0, 0.05) is 81.5 Å². The predicted octanol–water partition coefficient (Wildman–Crippen LogP) is 4.88. The van der Waals surface area contributed by atoms with Crippen molar-refractivity contribution in [2.45, 2.75) is 77.9 Å². The van der Waals surface area contributed by atoms with E-state index in [1.54, 1.807) is 11.1 Å². The number of aromatic nitrogens is 2. The Morgan fingerprint density at radius 2 is 1.74 bits per heavy atom. The largest absolute Gasteiger partial charge is 0.451 e. The van der Waals surface area contributed by atoms with Crippen molar-refractivity contribution in [3.63, 3.8) is 0 Å². The first-order valence-corrected chi connectivity index (χ1v) is 17.8. The number of hydrogen-bond acceptors (Lipinski definition) is 10. The van der Waals surface area contributed by atoms with Gasteiger partial charge in [-0.3, -0.25) is 4.79 Å². The number of ether oxygens (including phenoxy) is 1. The van der Waals surface area contributed by atoms with Gasteiger partial charge in [0.1, 0.15) is 17.9 Å². The Labute approximate surface area is 278 Å². The fourth-order valence-corrected chi connectivity index (χ4v) is 8.82. The first-order chi connectivity index (χ1) is 22.1. The summed E-state index contributed by atoms with van der Waals surface area (Å²) >= 11 is 1.91. The zero-order chi connectivity index (χ0) is 32.4. The van der Waals surface area contributed by atoms with Gasteiger partial charge < -0.3 is 25.2 Å². The maximum Gasteiger partial charge on any atom is 0.258 e. The number of rotatable bonds is 10. The number of benzene rings is 1. The molecule has 4 aliphatic heterocycles. The quantitative estimate of drug-likeness (QED) is 0.358. The smallest absolute Gasteiger partial charge is 0.258 e. The number of nitrogens with zero attached hydrogens (tertiary/aromatic N) is 7. The number of anilines is 1. The first kappa shape index (κ1) is 33.4. The topological polar surface area (TPSA) is 94.3 Å². The molecule has 2 aromatic rings. The standard InChI is InChI=1S/C34H51FN8O2S/c1-24(2)43(25(3)4)33(44)29-17-27(35)5-6-30(29)45-31-18-37-23-38-32(31)40-21-34(22-40)10-15-39(16-11-34)19-26-7-12-41(13-8-26)46-42-14-9-28(36)20-42/h5-6,17-18,23-26,28H,7-16,19-22,36H2,1-4H3/t28-/m1/s1. The van der Waals surface area contributed by atoms with Crippen molar-refractivity contribution < 1.29 is 13.9 Å². The molecule has 2 N–H and O–H groups in total. The van der Waals surface area contributed by atoms with Crippen molar-refractivity contribution in [2.24, 2.45) is 17.1 Å². The van der Waals surface area contributed by atoms with Gasteiger partial charge >= 0.3 is 0 Å². The van der Waals surface area contributed by atoms with E-state index in [0.29, 0.717) is 23.0 Å². The fraction of sp³-hybridized carbons (Fsp3) is 0.676. The fourth-order valence-electron chi connectivity index (χ4n) is 7.67. The van der Waals surface area contributed by atoms with Crippen LogP contribution in [0.5, 0.6) is 11.5 Å². The number of halogens is 1. The Bertz CT molecular complexity index is 1330. The molecule has 5 heterocycles. The van der Waals surface area contributed by atoms with E-state index in [1.165, 1.54) is 69.8 Å². The molecule has 1 amide bonds. The van der Waals surface area contributed by atoms with Crippen molar-refractivity contribution >= 4 is 23.9 Å². The highest BCUT2D eigenvalue weighted by Crippen LogP contribution is 2.45. The van der Waals surface area contributed by atoms with Gasteiger partial charge in [-0.05, 0) is 97.0 Å². The Morgan fingerprint density at radius 3 is 2.39 bits per heavy atom. The molecule has 0 aliphatic carbocycles. The summed E-state index contributed by atoms with van der Waals surface area (Å²) in [6.07, 6.45) is 9.20. The Hall–Kier alpha value is -2.51. The van der Waals surface area contributed by atoms with Crippen LogP contribution in [0.15, 0.2) is 30.7 Å². The molecule has 1 atom stereocenters. The summed E-state index contributed by atoms with van der Waals surface area (Å²) in [5.74, 6) is 1.55. The maximum absolute atomic E-state index is 14.4. The predicted molar refractivity (Wildman–Crippen MR) is 181 cm³/mol. The van der Waals surface area contributed by atoms with Gasteiger partial charge in [-0.25, -0.2) is 23.0 Å². The molecule has 0 saturated carbocycles. The lowest BCUT2D eigenvalue weighted by molar-refractivity contribution is 0.0612. The van der Waals surface area contributed by atoms with Crippen molar-refractivity contribution in [2.75, 3.05) is 63.8 Å². The van der Waals surface area contributed by atoms with Crippen LogP contribution in [0, 0.1) is 17.2 Å². The van der Waals surface area contributed by atoms with Gasteiger partial charge in [0.25, 0.3) is 5.91 Å². The van der Waals surface area contributed by atoms with E-state index in [1.807, 2.05) is 39.8 Å². The minimum atomic E-state index is -0.476. The highest BCUT2D eigenvalue weighted by molar-refractivity contribution is 7.94. The van der Waals surface area contributed by atoms with Crippen LogP contribution in [-0.4, -0.2) is 111 Å². The van der Waals surface area contributed by atoms with E-state index in [2.05, 4.69) is 28.4 Å². The van der Waals surface area contributed by atoms with Gasteiger partial charge in [-0.15, -0.1) is 0 Å². The van der Waals surface area contributed by atoms with E-state index < -0.39 is 5.82 Å². The maximum atomic E-state index is 14.4. The number of amides is 1. The van der Waals surface area contributed by atoms with E-state index in [9.17, 15) is 9.18 Å². The van der Waals surface area contributed by atoms with Crippen LogP contribution < -0.4 is 15.4 Å². The van der Waals surface area contributed by atoms with Crippen LogP contribution in [0.3, 0.4) is 0 Å². The Morgan fingerprint density at radius 1 is 1.04 bits per heavy atom. The second-order valence-corrected chi connectivity index (χ2v) is 15.6. The molecule has 0 radical (unpaired) electrons. The van der Waals surface area contributed by atoms with Crippen molar-refractivity contribution in [1.29, 1.82) is 0 Å². The van der Waals surface area contributed by atoms with Crippen LogP contribution in [-0.2, 0) is 0 Å². The highest BCUT2D eigenvalue weighted by atomic mass is 32.2. The average molecular weight is 655 g/mol. The minimum absolute atomic E-state index is 0.0416. The zero-order valence-corrected chi connectivity index (χ0v) is 28.7. The van der Waals surface area contributed by atoms with Crippen LogP contribution in [0.1, 0.15) is 70.2 Å². The summed E-state index contributed by atoms with van der Waals surface area (Å²) in [5.41, 5.74) is 6.58. The summed E-state index contributed by atoms with van der Waals surface area (Å²) in [6, 6.07) is 4.36.